The van der Waals surface area contributed by atoms with Crippen molar-refractivity contribution in [2.24, 2.45) is 4.99 Å². The highest BCUT2D eigenvalue weighted by atomic mass is 16.5. The molecule has 1 N–H and O–H groups in total. The van der Waals surface area contributed by atoms with Gasteiger partial charge >= 0.3 is 0 Å². The van der Waals surface area contributed by atoms with Crippen LogP contribution in [0.3, 0.4) is 0 Å². The smallest absolute Gasteiger partial charge is 0.216 e. The van der Waals surface area contributed by atoms with E-state index in [1.165, 1.54) is 0 Å². The summed E-state index contributed by atoms with van der Waals surface area (Å²) in [6.45, 7) is 2.78. The first-order valence-electron chi connectivity index (χ1n) is 10.2. The predicted molar refractivity (Wildman–Crippen MR) is 119 cm³/mol. The summed E-state index contributed by atoms with van der Waals surface area (Å²) in [5.74, 6) is 3.06. The van der Waals surface area contributed by atoms with E-state index in [0.29, 0.717) is 31.4 Å². The number of anilines is 1. The summed E-state index contributed by atoms with van der Waals surface area (Å²) in [7, 11) is 5.01. The molecule has 0 radical (unpaired) electrons. The molecule has 0 spiro atoms. The van der Waals surface area contributed by atoms with E-state index in [0.717, 1.165) is 35.0 Å². The summed E-state index contributed by atoms with van der Waals surface area (Å²) in [5.41, 5.74) is 3.03. The lowest BCUT2D eigenvalue weighted by molar-refractivity contribution is 0.147. The van der Waals surface area contributed by atoms with Gasteiger partial charge in [-0.2, -0.15) is 0 Å². The van der Waals surface area contributed by atoms with Gasteiger partial charge in [-0.25, -0.2) is 9.98 Å². The molecule has 9 heteroatoms. The van der Waals surface area contributed by atoms with Crippen LogP contribution in [0.1, 0.15) is 11.7 Å². The number of fused-ring (bicyclic) bond motifs is 5. The molecule has 5 rings (SSSR count). The second-order valence-electron chi connectivity index (χ2n) is 7.51. The van der Waals surface area contributed by atoms with Crippen LogP contribution < -0.4 is 19.7 Å². The van der Waals surface area contributed by atoms with E-state index in [-0.39, 0.29) is 6.17 Å². The van der Waals surface area contributed by atoms with Crippen LogP contribution in [0.15, 0.2) is 47.5 Å². The van der Waals surface area contributed by atoms with Crippen molar-refractivity contribution in [3.05, 3.63) is 48.0 Å². The minimum Gasteiger partial charge on any atom is -0.493 e. The Balaban J connectivity index is 1.61. The molecular weight excluding hydrogens is 396 g/mol. The SMILES string of the molecule is COCCN1CN=C2NC(c3ccc(OC)c(OC)c3)n3c(nc4ccccc43)N2C1. The number of nitrogens with zero attached hydrogens (tertiary/aromatic N) is 5. The van der Waals surface area contributed by atoms with E-state index in [1.807, 2.05) is 36.4 Å². The Kier molecular flexibility index (Phi) is 5.13. The second kappa shape index (κ2) is 8.09. The van der Waals surface area contributed by atoms with Gasteiger partial charge in [-0.1, -0.05) is 18.2 Å². The zero-order valence-corrected chi connectivity index (χ0v) is 17.9. The lowest BCUT2D eigenvalue weighted by Crippen LogP contribution is -2.57. The largest absolute Gasteiger partial charge is 0.493 e. The number of aromatic nitrogens is 2. The first-order chi connectivity index (χ1) is 15.2. The third-order valence-corrected chi connectivity index (χ3v) is 5.70. The number of benzene rings is 2. The molecule has 0 bridgehead atoms. The molecule has 2 aliphatic rings. The van der Waals surface area contributed by atoms with Crippen molar-refractivity contribution >= 4 is 22.9 Å². The summed E-state index contributed by atoms with van der Waals surface area (Å²) >= 11 is 0. The highest BCUT2D eigenvalue weighted by molar-refractivity contribution is 5.98. The number of para-hydroxylation sites is 2. The van der Waals surface area contributed by atoms with Gasteiger partial charge in [0.05, 0.1) is 45.2 Å². The third kappa shape index (κ3) is 3.35. The maximum absolute atomic E-state index is 5.55. The maximum Gasteiger partial charge on any atom is 0.216 e. The Hall–Kier alpha value is -3.30. The van der Waals surface area contributed by atoms with Crippen molar-refractivity contribution in [1.82, 2.24) is 19.8 Å². The van der Waals surface area contributed by atoms with Gasteiger partial charge in [0.2, 0.25) is 11.9 Å². The predicted octanol–water partition coefficient (Wildman–Crippen LogP) is 2.24. The molecule has 2 aliphatic heterocycles. The molecule has 3 heterocycles. The maximum atomic E-state index is 5.55. The molecule has 3 aromatic rings. The van der Waals surface area contributed by atoms with Crippen molar-refractivity contribution in [1.29, 1.82) is 0 Å². The fourth-order valence-electron chi connectivity index (χ4n) is 4.13. The van der Waals surface area contributed by atoms with Crippen LogP contribution in [0.2, 0.25) is 0 Å². The van der Waals surface area contributed by atoms with E-state index in [2.05, 4.69) is 25.8 Å². The highest BCUT2D eigenvalue weighted by Crippen LogP contribution is 2.36. The lowest BCUT2D eigenvalue weighted by Gasteiger charge is -2.41. The van der Waals surface area contributed by atoms with Crippen molar-refractivity contribution < 1.29 is 14.2 Å². The summed E-state index contributed by atoms with van der Waals surface area (Å²) in [5, 5.41) is 3.62. The zero-order chi connectivity index (χ0) is 21.4. The molecule has 1 atom stereocenters. The molecule has 0 saturated heterocycles. The molecule has 1 aromatic heterocycles. The Morgan fingerprint density at radius 1 is 1.06 bits per heavy atom. The fraction of sp³-hybridized carbons (Fsp3) is 0.364. The Morgan fingerprint density at radius 3 is 2.71 bits per heavy atom. The van der Waals surface area contributed by atoms with E-state index in [1.54, 1.807) is 21.3 Å². The summed E-state index contributed by atoms with van der Waals surface area (Å²) < 4.78 is 18.4. The third-order valence-electron chi connectivity index (χ3n) is 5.70. The monoisotopic (exact) mass is 422 g/mol. The molecule has 0 amide bonds. The molecule has 9 nitrogen and oxygen atoms in total. The van der Waals surface area contributed by atoms with Crippen LogP contribution in [-0.4, -0.2) is 68.2 Å². The molecule has 2 aromatic carbocycles. The van der Waals surface area contributed by atoms with E-state index in [4.69, 9.17) is 24.2 Å². The Labute approximate surface area is 180 Å². The van der Waals surface area contributed by atoms with Crippen molar-refractivity contribution in [2.45, 2.75) is 6.17 Å². The minimum absolute atomic E-state index is 0.178. The molecule has 162 valence electrons. The van der Waals surface area contributed by atoms with E-state index >= 15 is 0 Å². The highest BCUT2D eigenvalue weighted by Gasteiger charge is 2.36. The molecule has 0 aliphatic carbocycles. The number of rotatable bonds is 6. The summed E-state index contributed by atoms with van der Waals surface area (Å²) in [6, 6.07) is 14.1. The average Bonchev–Trinajstić information content (AvgIpc) is 3.21. The van der Waals surface area contributed by atoms with Gasteiger partial charge in [0.1, 0.15) is 6.17 Å². The first kappa shape index (κ1) is 19.7. The van der Waals surface area contributed by atoms with Gasteiger partial charge in [0.25, 0.3) is 0 Å². The first-order valence-corrected chi connectivity index (χ1v) is 10.2. The van der Waals surface area contributed by atoms with Gasteiger partial charge in [-0.3, -0.25) is 14.4 Å². The van der Waals surface area contributed by atoms with Crippen LogP contribution in [0.25, 0.3) is 11.0 Å². The number of nitrogens with one attached hydrogen (secondary N) is 1. The Bertz CT molecular complexity index is 1130. The van der Waals surface area contributed by atoms with Gasteiger partial charge in [-0.15, -0.1) is 0 Å². The second-order valence-corrected chi connectivity index (χ2v) is 7.51. The fourth-order valence-corrected chi connectivity index (χ4v) is 4.13. The summed E-state index contributed by atoms with van der Waals surface area (Å²) in [4.78, 5) is 14.1. The number of imidazole rings is 1. The normalized spacial score (nSPS) is 18.2. The quantitative estimate of drug-likeness (QED) is 0.653. The van der Waals surface area contributed by atoms with E-state index < -0.39 is 0 Å². The molecule has 31 heavy (non-hydrogen) atoms. The zero-order valence-electron chi connectivity index (χ0n) is 17.9. The standard InChI is InChI=1S/C22H26N6O3/c1-29-11-10-26-13-23-21-25-20(15-8-9-18(30-2)19(12-15)31-3)28-17-7-5-4-6-16(17)24-22(28)27(21)14-26/h4-9,12,20H,10-11,13-14H2,1-3H3,(H,23,25). The van der Waals surface area contributed by atoms with E-state index in [9.17, 15) is 0 Å². The van der Waals surface area contributed by atoms with Crippen LogP contribution in [0.4, 0.5) is 5.95 Å². The van der Waals surface area contributed by atoms with Gasteiger partial charge < -0.3 is 19.5 Å². The number of guanidine groups is 1. The number of hydrogen-bond donors (Lipinski definition) is 1. The number of aliphatic imine (C=N–C) groups is 1. The van der Waals surface area contributed by atoms with Gasteiger partial charge in [0, 0.05) is 13.7 Å². The molecular formula is C22H26N6O3. The van der Waals surface area contributed by atoms with Crippen LogP contribution in [0, 0.1) is 0 Å². The molecule has 0 saturated carbocycles. The van der Waals surface area contributed by atoms with Gasteiger partial charge in [0.15, 0.2) is 11.5 Å². The van der Waals surface area contributed by atoms with Crippen molar-refractivity contribution in [3.63, 3.8) is 0 Å². The molecule has 0 fully saturated rings. The average molecular weight is 422 g/mol. The van der Waals surface area contributed by atoms with Crippen LogP contribution >= 0.6 is 0 Å². The van der Waals surface area contributed by atoms with Crippen LogP contribution in [0.5, 0.6) is 11.5 Å². The molecule has 1 unspecified atom stereocenters. The van der Waals surface area contributed by atoms with Crippen LogP contribution in [-0.2, 0) is 4.74 Å². The lowest BCUT2D eigenvalue weighted by atomic mass is 10.1. The van der Waals surface area contributed by atoms with Crippen molar-refractivity contribution in [2.75, 3.05) is 52.7 Å². The van der Waals surface area contributed by atoms with Gasteiger partial charge in [-0.05, 0) is 29.8 Å². The van der Waals surface area contributed by atoms with Crippen molar-refractivity contribution in [3.8, 4) is 11.5 Å². The number of methoxy groups -OCH3 is 3. The topological polar surface area (TPSA) is 76.4 Å². The number of hydrogen-bond acceptors (Lipinski definition) is 8. The minimum atomic E-state index is -0.178. The Morgan fingerprint density at radius 2 is 1.90 bits per heavy atom. The summed E-state index contributed by atoms with van der Waals surface area (Å²) in [6.07, 6.45) is -0.178. The number of ether oxygens (including phenoxy) is 3.